The lowest BCUT2D eigenvalue weighted by atomic mass is 10.1. The smallest absolute Gasteiger partial charge is 0.174 e. The molecule has 3 rings (SSSR count). The Bertz CT molecular complexity index is 928. The predicted octanol–water partition coefficient (Wildman–Crippen LogP) is 6.84. The van der Waals surface area contributed by atoms with Gasteiger partial charge in [0.1, 0.15) is 6.61 Å². The summed E-state index contributed by atoms with van der Waals surface area (Å²) < 4.78 is 13.0. The van der Waals surface area contributed by atoms with E-state index in [1.54, 1.807) is 0 Å². The van der Waals surface area contributed by atoms with Crippen molar-refractivity contribution in [3.05, 3.63) is 85.9 Å². The highest BCUT2D eigenvalue weighted by Gasteiger charge is 2.13. The predicted molar refractivity (Wildman–Crippen MR) is 125 cm³/mol. The van der Waals surface area contributed by atoms with Gasteiger partial charge in [0.2, 0.25) is 0 Å². The van der Waals surface area contributed by atoms with Crippen LogP contribution in [0.3, 0.4) is 0 Å². The fourth-order valence-electron chi connectivity index (χ4n) is 2.77. The first-order valence-electron chi connectivity index (χ1n) is 9.18. The van der Waals surface area contributed by atoms with Gasteiger partial charge in [0, 0.05) is 17.3 Å². The van der Waals surface area contributed by atoms with Crippen LogP contribution in [0.4, 0.5) is 5.69 Å². The summed E-state index contributed by atoms with van der Waals surface area (Å²) in [7, 11) is 0. The zero-order valence-electron chi connectivity index (χ0n) is 16.0. The lowest BCUT2D eigenvalue weighted by Crippen LogP contribution is -2.05. The standard InChI is InChI=1S/C23H23ClINO2/c1-3-27-22-12-18(14-26-20-6-4-5-19(24)13-20)11-21(25)23(22)28-15-17-9-7-16(2)8-10-17/h4-13,26H,3,14-15H2,1-2H3. The van der Waals surface area contributed by atoms with Crippen molar-refractivity contribution in [1.29, 1.82) is 0 Å². The number of benzene rings is 3. The number of anilines is 1. The molecule has 0 spiro atoms. The summed E-state index contributed by atoms with van der Waals surface area (Å²) in [5, 5.41) is 4.11. The molecule has 3 aromatic rings. The number of hydrogen-bond acceptors (Lipinski definition) is 3. The van der Waals surface area contributed by atoms with Gasteiger partial charge in [-0.2, -0.15) is 0 Å². The first-order chi connectivity index (χ1) is 13.5. The highest BCUT2D eigenvalue weighted by atomic mass is 127. The van der Waals surface area contributed by atoms with E-state index in [4.69, 9.17) is 21.1 Å². The first-order valence-corrected chi connectivity index (χ1v) is 10.6. The Morgan fingerprint density at radius 1 is 0.964 bits per heavy atom. The van der Waals surface area contributed by atoms with Crippen molar-refractivity contribution in [3.63, 3.8) is 0 Å². The van der Waals surface area contributed by atoms with Gasteiger partial charge in [-0.05, 0) is 77.9 Å². The molecule has 0 amide bonds. The average Bonchev–Trinajstić information content (AvgIpc) is 2.67. The second kappa shape index (κ2) is 10.0. The second-order valence-corrected chi connectivity index (χ2v) is 8.07. The molecular formula is C23H23ClINO2. The number of hydrogen-bond donors (Lipinski definition) is 1. The topological polar surface area (TPSA) is 30.5 Å². The largest absolute Gasteiger partial charge is 0.490 e. The van der Waals surface area contributed by atoms with Gasteiger partial charge in [0.05, 0.1) is 10.2 Å². The Morgan fingerprint density at radius 2 is 1.75 bits per heavy atom. The van der Waals surface area contributed by atoms with Crippen LogP contribution < -0.4 is 14.8 Å². The highest BCUT2D eigenvalue weighted by Crippen LogP contribution is 2.35. The van der Waals surface area contributed by atoms with Crippen molar-refractivity contribution < 1.29 is 9.47 Å². The number of nitrogens with one attached hydrogen (secondary N) is 1. The molecular weight excluding hydrogens is 485 g/mol. The quantitative estimate of drug-likeness (QED) is 0.339. The lowest BCUT2D eigenvalue weighted by Gasteiger charge is -2.16. The van der Waals surface area contributed by atoms with Crippen molar-refractivity contribution in [2.24, 2.45) is 0 Å². The number of aryl methyl sites for hydroxylation is 1. The van der Waals surface area contributed by atoms with E-state index >= 15 is 0 Å². The fraction of sp³-hybridized carbons (Fsp3) is 0.217. The maximum Gasteiger partial charge on any atom is 0.174 e. The van der Waals surface area contributed by atoms with Crippen molar-refractivity contribution in [3.8, 4) is 11.5 Å². The summed E-state index contributed by atoms with van der Waals surface area (Å²) in [4.78, 5) is 0. The van der Waals surface area contributed by atoms with Crippen LogP contribution in [0, 0.1) is 10.5 Å². The summed E-state index contributed by atoms with van der Waals surface area (Å²) in [6.45, 7) is 5.83. The van der Waals surface area contributed by atoms with E-state index < -0.39 is 0 Å². The molecule has 0 radical (unpaired) electrons. The third kappa shape index (κ3) is 5.79. The van der Waals surface area contributed by atoms with Crippen molar-refractivity contribution in [2.45, 2.75) is 27.0 Å². The lowest BCUT2D eigenvalue weighted by molar-refractivity contribution is 0.267. The Morgan fingerprint density at radius 3 is 2.46 bits per heavy atom. The molecule has 0 saturated heterocycles. The maximum atomic E-state index is 6.11. The Kier molecular flexibility index (Phi) is 7.45. The molecule has 146 valence electrons. The van der Waals surface area contributed by atoms with Crippen molar-refractivity contribution in [1.82, 2.24) is 0 Å². The third-order valence-electron chi connectivity index (χ3n) is 4.19. The van der Waals surface area contributed by atoms with E-state index in [1.807, 2.05) is 37.3 Å². The zero-order valence-corrected chi connectivity index (χ0v) is 18.9. The van der Waals surface area contributed by atoms with Gasteiger partial charge in [0.25, 0.3) is 0 Å². The molecule has 0 aliphatic rings. The van der Waals surface area contributed by atoms with E-state index in [0.29, 0.717) is 19.8 Å². The summed E-state index contributed by atoms with van der Waals surface area (Å²) in [5.41, 5.74) is 4.48. The van der Waals surface area contributed by atoms with Gasteiger partial charge in [-0.15, -0.1) is 0 Å². The van der Waals surface area contributed by atoms with Gasteiger partial charge in [-0.1, -0.05) is 47.5 Å². The van der Waals surface area contributed by atoms with Crippen LogP contribution in [0.25, 0.3) is 0 Å². The van der Waals surface area contributed by atoms with Crippen LogP contribution in [0.1, 0.15) is 23.6 Å². The maximum absolute atomic E-state index is 6.11. The van der Waals surface area contributed by atoms with Crippen molar-refractivity contribution in [2.75, 3.05) is 11.9 Å². The van der Waals surface area contributed by atoms with E-state index in [1.165, 1.54) is 5.56 Å². The molecule has 1 N–H and O–H groups in total. The third-order valence-corrected chi connectivity index (χ3v) is 5.23. The molecule has 0 fully saturated rings. The van der Waals surface area contributed by atoms with Crippen LogP contribution >= 0.6 is 34.2 Å². The summed E-state index contributed by atoms with van der Waals surface area (Å²) >= 11 is 8.36. The molecule has 5 heteroatoms. The van der Waals surface area contributed by atoms with E-state index in [2.05, 4.69) is 65.2 Å². The monoisotopic (exact) mass is 507 g/mol. The molecule has 0 unspecified atom stereocenters. The Balaban J connectivity index is 1.74. The molecule has 0 aliphatic heterocycles. The highest BCUT2D eigenvalue weighted by molar-refractivity contribution is 14.1. The molecule has 0 aliphatic carbocycles. The first kappa shape index (κ1) is 20.8. The molecule has 28 heavy (non-hydrogen) atoms. The van der Waals surface area contributed by atoms with Crippen LogP contribution in [-0.2, 0) is 13.2 Å². The number of rotatable bonds is 8. The summed E-state index contributed by atoms with van der Waals surface area (Å²) in [5.74, 6) is 1.55. The molecule has 0 saturated carbocycles. The van der Waals surface area contributed by atoms with Crippen LogP contribution in [-0.4, -0.2) is 6.61 Å². The van der Waals surface area contributed by atoms with Gasteiger partial charge in [-0.25, -0.2) is 0 Å². The molecule has 0 atom stereocenters. The molecule has 3 nitrogen and oxygen atoms in total. The number of halogens is 2. The molecule has 0 aromatic heterocycles. The van der Waals surface area contributed by atoms with Crippen LogP contribution in [0.15, 0.2) is 60.7 Å². The van der Waals surface area contributed by atoms with Crippen molar-refractivity contribution >= 4 is 39.9 Å². The van der Waals surface area contributed by atoms with E-state index in [9.17, 15) is 0 Å². The fourth-order valence-corrected chi connectivity index (χ4v) is 3.78. The average molecular weight is 508 g/mol. The van der Waals surface area contributed by atoms with E-state index in [-0.39, 0.29) is 0 Å². The molecule has 0 heterocycles. The molecule has 0 bridgehead atoms. The SMILES string of the molecule is CCOc1cc(CNc2cccc(Cl)c2)cc(I)c1OCc1ccc(C)cc1. The van der Waals surface area contributed by atoms with Gasteiger partial charge >= 0.3 is 0 Å². The van der Waals surface area contributed by atoms with Gasteiger partial charge in [0.15, 0.2) is 11.5 Å². The van der Waals surface area contributed by atoms with E-state index in [0.717, 1.165) is 36.9 Å². The second-order valence-electron chi connectivity index (χ2n) is 6.48. The minimum absolute atomic E-state index is 0.510. The normalized spacial score (nSPS) is 10.6. The van der Waals surface area contributed by atoms with Gasteiger partial charge < -0.3 is 14.8 Å². The van der Waals surface area contributed by atoms with Gasteiger partial charge in [-0.3, -0.25) is 0 Å². The zero-order chi connectivity index (χ0) is 19.9. The van der Waals surface area contributed by atoms with Crippen LogP contribution in [0.5, 0.6) is 11.5 Å². The Labute approximate surface area is 185 Å². The Hall–Kier alpha value is -1.92. The van der Waals surface area contributed by atoms with Crippen LogP contribution in [0.2, 0.25) is 5.02 Å². The summed E-state index contributed by atoms with van der Waals surface area (Å²) in [6.07, 6.45) is 0. The summed E-state index contributed by atoms with van der Waals surface area (Å²) in [6, 6.07) is 20.2. The minimum atomic E-state index is 0.510. The number of ether oxygens (including phenoxy) is 2. The minimum Gasteiger partial charge on any atom is -0.490 e. The molecule has 3 aromatic carbocycles.